The number of hydrogen-bond donors (Lipinski definition) is 1. The number of halogens is 13. The van der Waals surface area contributed by atoms with Crippen LogP contribution in [0.15, 0.2) is 12.2 Å². The van der Waals surface area contributed by atoms with Crippen LogP contribution in [-0.2, 0) is 14.3 Å². The van der Waals surface area contributed by atoms with E-state index in [1.165, 1.54) is 0 Å². The third-order valence-corrected chi connectivity index (χ3v) is 3.30. The molecule has 0 aromatic heterocycles. The molecule has 0 aliphatic rings. The monoisotopic (exact) mass is 476 g/mol. The number of alkyl halides is 13. The Kier molecular flexibility index (Phi) is 7.52. The third kappa shape index (κ3) is 4.74. The second-order valence-corrected chi connectivity index (χ2v) is 5.56. The summed E-state index contributed by atoms with van der Waals surface area (Å²) in [6.07, 6.45) is -11.4. The molecule has 0 aromatic carbocycles. The SMILES string of the molecule is C=C(CC(=O)O)C(=O)OCCC(F)(F)C(F)(F)C(F)(F)C(F)(F)C(F)(F)C(F)(F)F. The standard InChI is InChI=1S/C13H9F13O4/c1-5(4-6(27)28)7(29)30-3-2-8(14,15)9(16,17)10(18,19)11(20,21)12(22,23)13(24,25)26/h1-4H2,(H,27,28). The average Bonchev–Trinajstić information content (AvgIpc) is 2.51. The van der Waals surface area contributed by atoms with Gasteiger partial charge in [-0.05, 0) is 0 Å². The van der Waals surface area contributed by atoms with Crippen molar-refractivity contribution in [2.24, 2.45) is 0 Å². The lowest BCUT2D eigenvalue weighted by Crippen LogP contribution is -2.70. The van der Waals surface area contributed by atoms with Gasteiger partial charge in [0.15, 0.2) is 0 Å². The van der Waals surface area contributed by atoms with Gasteiger partial charge in [-0.15, -0.1) is 0 Å². The maximum Gasteiger partial charge on any atom is 0.460 e. The van der Waals surface area contributed by atoms with Crippen LogP contribution in [0, 0.1) is 0 Å². The van der Waals surface area contributed by atoms with Crippen LogP contribution in [0.5, 0.6) is 0 Å². The first-order valence-corrected chi connectivity index (χ1v) is 7.00. The Bertz CT molecular complexity index is 681. The van der Waals surface area contributed by atoms with E-state index in [1.807, 2.05) is 0 Å². The van der Waals surface area contributed by atoms with Crippen molar-refractivity contribution in [2.75, 3.05) is 6.61 Å². The quantitative estimate of drug-likeness (QED) is 0.283. The first kappa shape index (κ1) is 27.8. The summed E-state index contributed by atoms with van der Waals surface area (Å²) < 4.78 is 171. The Morgan fingerprint density at radius 2 is 1.13 bits per heavy atom. The molecule has 0 heterocycles. The van der Waals surface area contributed by atoms with Gasteiger partial charge in [0.25, 0.3) is 0 Å². The summed E-state index contributed by atoms with van der Waals surface area (Å²) >= 11 is 0. The summed E-state index contributed by atoms with van der Waals surface area (Å²) in [5.74, 6) is -41.2. The van der Waals surface area contributed by atoms with Crippen LogP contribution in [0.4, 0.5) is 57.1 Å². The van der Waals surface area contributed by atoms with Crippen molar-refractivity contribution < 1.29 is 76.5 Å². The van der Waals surface area contributed by atoms with Crippen LogP contribution >= 0.6 is 0 Å². The highest BCUT2D eigenvalue weighted by atomic mass is 19.4. The van der Waals surface area contributed by atoms with E-state index < -0.39 is 72.7 Å². The third-order valence-electron chi connectivity index (χ3n) is 3.30. The fourth-order valence-corrected chi connectivity index (χ4v) is 1.59. The summed E-state index contributed by atoms with van der Waals surface area (Å²) in [7, 11) is 0. The maximum atomic E-state index is 13.4. The van der Waals surface area contributed by atoms with Gasteiger partial charge >= 0.3 is 47.7 Å². The number of carbonyl (C=O) groups excluding carboxylic acids is 1. The second-order valence-electron chi connectivity index (χ2n) is 5.56. The molecule has 0 atom stereocenters. The Balaban J connectivity index is 5.63. The lowest BCUT2D eigenvalue weighted by molar-refractivity contribution is -0.440. The van der Waals surface area contributed by atoms with Gasteiger partial charge in [0.2, 0.25) is 0 Å². The Hall–Kier alpha value is -2.23. The number of carbonyl (C=O) groups is 2. The van der Waals surface area contributed by atoms with Crippen molar-refractivity contribution in [3.63, 3.8) is 0 Å². The maximum absolute atomic E-state index is 13.4. The number of hydrogen-bond acceptors (Lipinski definition) is 3. The van der Waals surface area contributed by atoms with E-state index in [1.54, 1.807) is 0 Å². The molecule has 17 heteroatoms. The van der Waals surface area contributed by atoms with E-state index in [-0.39, 0.29) is 0 Å². The summed E-state index contributed by atoms with van der Waals surface area (Å²) in [6.45, 7) is 0.805. The van der Waals surface area contributed by atoms with Gasteiger partial charge in [0, 0.05) is 5.57 Å². The molecular formula is C13H9F13O4. The molecule has 0 aliphatic heterocycles. The van der Waals surface area contributed by atoms with Gasteiger partial charge < -0.3 is 9.84 Å². The Morgan fingerprint density at radius 3 is 1.50 bits per heavy atom. The zero-order chi connectivity index (χ0) is 24.6. The highest BCUT2D eigenvalue weighted by Gasteiger charge is 2.90. The molecule has 0 unspecified atom stereocenters. The van der Waals surface area contributed by atoms with Crippen molar-refractivity contribution in [3.8, 4) is 0 Å². The zero-order valence-corrected chi connectivity index (χ0v) is 13.9. The van der Waals surface area contributed by atoms with Crippen molar-refractivity contribution in [2.45, 2.75) is 48.6 Å². The molecule has 0 rings (SSSR count). The first-order chi connectivity index (χ1) is 13.0. The van der Waals surface area contributed by atoms with Gasteiger partial charge in [-0.1, -0.05) is 6.58 Å². The smallest absolute Gasteiger partial charge is 0.460 e. The van der Waals surface area contributed by atoms with Crippen molar-refractivity contribution in [1.82, 2.24) is 0 Å². The molecule has 0 saturated heterocycles. The molecule has 0 amide bonds. The number of esters is 1. The van der Waals surface area contributed by atoms with Crippen LogP contribution < -0.4 is 0 Å². The Morgan fingerprint density at radius 1 is 0.733 bits per heavy atom. The van der Waals surface area contributed by atoms with Gasteiger partial charge in [-0.2, -0.15) is 57.1 Å². The minimum absolute atomic E-state index is 0.945. The summed E-state index contributed by atoms with van der Waals surface area (Å²) in [5, 5.41) is 8.30. The Labute approximate surface area is 157 Å². The molecule has 0 aliphatic carbocycles. The van der Waals surface area contributed by atoms with Gasteiger partial charge in [0.1, 0.15) is 0 Å². The molecule has 0 spiro atoms. The normalized spacial score (nSPS) is 14.4. The minimum atomic E-state index is -8.02. The largest absolute Gasteiger partial charge is 0.481 e. The molecule has 4 nitrogen and oxygen atoms in total. The summed E-state index contributed by atoms with van der Waals surface area (Å²) in [5.41, 5.74) is -0.945. The number of ether oxygens (including phenoxy) is 1. The number of carboxylic acid groups (broad SMARTS) is 1. The van der Waals surface area contributed by atoms with Crippen molar-refractivity contribution in [3.05, 3.63) is 12.2 Å². The minimum Gasteiger partial charge on any atom is -0.481 e. The van der Waals surface area contributed by atoms with E-state index >= 15 is 0 Å². The molecule has 30 heavy (non-hydrogen) atoms. The van der Waals surface area contributed by atoms with Crippen molar-refractivity contribution >= 4 is 11.9 Å². The van der Waals surface area contributed by atoms with E-state index in [0.29, 0.717) is 0 Å². The lowest BCUT2D eigenvalue weighted by Gasteiger charge is -2.39. The topological polar surface area (TPSA) is 63.6 Å². The molecule has 1 N–H and O–H groups in total. The molecule has 0 fully saturated rings. The van der Waals surface area contributed by atoms with E-state index in [9.17, 15) is 66.7 Å². The molecular weight excluding hydrogens is 467 g/mol. The zero-order valence-electron chi connectivity index (χ0n) is 13.9. The first-order valence-electron chi connectivity index (χ1n) is 7.00. The average molecular weight is 476 g/mol. The predicted molar refractivity (Wildman–Crippen MR) is 67.8 cm³/mol. The van der Waals surface area contributed by atoms with Gasteiger partial charge in [-0.3, -0.25) is 4.79 Å². The second kappa shape index (κ2) is 8.13. The predicted octanol–water partition coefficient (Wildman–Crippen LogP) is 4.69. The summed E-state index contributed by atoms with van der Waals surface area (Å²) in [6, 6.07) is 0. The number of aliphatic carboxylic acids is 1. The molecule has 0 aromatic rings. The van der Waals surface area contributed by atoms with Crippen LogP contribution in [0.3, 0.4) is 0 Å². The van der Waals surface area contributed by atoms with E-state index in [4.69, 9.17) is 5.11 Å². The van der Waals surface area contributed by atoms with E-state index in [0.717, 1.165) is 0 Å². The van der Waals surface area contributed by atoms with Crippen LogP contribution in [0.1, 0.15) is 12.8 Å². The molecule has 176 valence electrons. The van der Waals surface area contributed by atoms with Gasteiger partial charge in [-0.25, -0.2) is 4.79 Å². The highest BCUT2D eigenvalue weighted by molar-refractivity contribution is 5.92. The van der Waals surface area contributed by atoms with Crippen LogP contribution in [-0.4, -0.2) is 59.4 Å². The number of rotatable bonds is 10. The molecule has 0 bridgehead atoms. The van der Waals surface area contributed by atoms with Crippen LogP contribution in [0.25, 0.3) is 0 Å². The number of carboxylic acids is 1. The van der Waals surface area contributed by atoms with E-state index in [2.05, 4.69) is 11.3 Å². The fraction of sp³-hybridized carbons (Fsp3) is 0.692. The molecule has 0 radical (unpaired) electrons. The van der Waals surface area contributed by atoms with Crippen LogP contribution in [0.2, 0.25) is 0 Å². The fourth-order valence-electron chi connectivity index (χ4n) is 1.59. The lowest BCUT2D eigenvalue weighted by atomic mass is 9.93. The van der Waals surface area contributed by atoms with Crippen molar-refractivity contribution in [1.29, 1.82) is 0 Å². The molecule has 0 saturated carbocycles. The highest BCUT2D eigenvalue weighted by Crippen LogP contribution is 2.60. The van der Waals surface area contributed by atoms with Gasteiger partial charge in [0.05, 0.1) is 19.4 Å². The summed E-state index contributed by atoms with van der Waals surface area (Å²) in [4.78, 5) is 21.4.